The summed E-state index contributed by atoms with van der Waals surface area (Å²) in [6.45, 7) is 3.89. The van der Waals surface area contributed by atoms with Crippen LogP contribution in [0.5, 0.6) is 5.88 Å². The highest BCUT2D eigenvalue weighted by Gasteiger charge is 2.01. The Bertz CT molecular complexity index is 187. The molecule has 2 nitrogen and oxygen atoms in total. The Balaban J connectivity index is 2.98. The molecule has 1 aromatic rings. The predicted molar refractivity (Wildman–Crippen MR) is 37.9 cm³/mol. The molecule has 1 aromatic heterocycles. The molecular formula is C6H9NOS. The molecule has 0 saturated heterocycles. The van der Waals surface area contributed by atoms with E-state index in [9.17, 15) is 0 Å². The topological polar surface area (TPSA) is 33.1 Å². The third kappa shape index (κ3) is 1.21. The van der Waals surface area contributed by atoms with Gasteiger partial charge in [-0.1, -0.05) is 6.92 Å². The molecule has 0 aromatic carbocycles. The summed E-state index contributed by atoms with van der Waals surface area (Å²) in [6, 6.07) is 0. The Morgan fingerprint density at radius 3 is 2.56 bits per heavy atom. The van der Waals surface area contributed by atoms with Crippen LogP contribution in [0.25, 0.3) is 0 Å². The maximum atomic E-state index is 8.97. The molecule has 50 valence electrons. The van der Waals surface area contributed by atoms with Crippen molar-refractivity contribution in [3.63, 3.8) is 0 Å². The first kappa shape index (κ1) is 6.55. The molecule has 0 atom stereocenters. The number of rotatable bonds is 1. The van der Waals surface area contributed by atoms with Crippen molar-refractivity contribution < 1.29 is 5.11 Å². The van der Waals surface area contributed by atoms with Crippen LogP contribution in [0.3, 0.4) is 0 Å². The van der Waals surface area contributed by atoms with Crippen LogP contribution < -0.4 is 0 Å². The van der Waals surface area contributed by atoms with Crippen LogP contribution in [0.2, 0.25) is 0 Å². The van der Waals surface area contributed by atoms with Crippen molar-refractivity contribution >= 4 is 11.3 Å². The molecule has 0 radical (unpaired) electrons. The van der Waals surface area contributed by atoms with Gasteiger partial charge in [-0.2, -0.15) is 0 Å². The van der Waals surface area contributed by atoms with Crippen LogP contribution in [0.4, 0.5) is 0 Å². The monoisotopic (exact) mass is 143 g/mol. The molecular weight excluding hydrogens is 134 g/mol. The number of nitrogens with zero attached hydrogens (tertiary/aromatic N) is 1. The first-order valence-electron chi connectivity index (χ1n) is 2.89. The van der Waals surface area contributed by atoms with E-state index in [-0.39, 0.29) is 5.88 Å². The normalized spacial score (nSPS) is 10.0. The van der Waals surface area contributed by atoms with E-state index in [4.69, 9.17) is 5.11 Å². The zero-order chi connectivity index (χ0) is 6.85. The molecule has 9 heavy (non-hydrogen) atoms. The summed E-state index contributed by atoms with van der Waals surface area (Å²) < 4.78 is 0. The fourth-order valence-electron chi connectivity index (χ4n) is 0.593. The molecule has 0 amide bonds. The van der Waals surface area contributed by atoms with Crippen molar-refractivity contribution in [2.24, 2.45) is 0 Å². The lowest BCUT2D eigenvalue weighted by molar-refractivity contribution is 0.452. The van der Waals surface area contributed by atoms with Gasteiger partial charge in [0.2, 0.25) is 5.88 Å². The average Bonchev–Trinajstić information content (AvgIpc) is 2.13. The lowest BCUT2D eigenvalue weighted by Crippen LogP contribution is -1.72. The summed E-state index contributed by atoms with van der Waals surface area (Å²) in [5.74, 6) is 0.192. The van der Waals surface area contributed by atoms with Gasteiger partial charge >= 0.3 is 0 Å². The summed E-state index contributed by atoms with van der Waals surface area (Å²) >= 11 is 1.55. The minimum Gasteiger partial charge on any atom is -0.492 e. The number of aryl methyl sites for hydroxylation is 2. The minimum atomic E-state index is 0.192. The van der Waals surface area contributed by atoms with Gasteiger partial charge in [-0.15, -0.1) is 11.3 Å². The number of aromatic nitrogens is 1. The van der Waals surface area contributed by atoms with E-state index in [0.717, 1.165) is 16.3 Å². The summed E-state index contributed by atoms with van der Waals surface area (Å²) in [5, 5.41) is 9.98. The number of hydrogen-bond acceptors (Lipinski definition) is 3. The fourth-order valence-corrected chi connectivity index (χ4v) is 1.36. The lowest BCUT2D eigenvalue weighted by Gasteiger charge is -1.78. The maximum absolute atomic E-state index is 8.97. The van der Waals surface area contributed by atoms with E-state index >= 15 is 0 Å². The molecule has 1 N–H and O–H groups in total. The van der Waals surface area contributed by atoms with Crippen molar-refractivity contribution in [3.05, 3.63) is 9.88 Å². The van der Waals surface area contributed by atoms with Crippen molar-refractivity contribution in [3.8, 4) is 5.88 Å². The van der Waals surface area contributed by atoms with Gasteiger partial charge in [-0.3, -0.25) is 0 Å². The summed E-state index contributed by atoms with van der Waals surface area (Å²) in [7, 11) is 0. The molecule has 0 bridgehead atoms. The molecule has 0 unspecified atom stereocenters. The molecule has 0 fully saturated rings. The Morgan fingerprint density at radius 1 is 1.67 bits per heavy atom. The minimum absolute atomic E-state index is 0.192. The second-order valence-electron chi connectivity index (χ2n) is 1.84. The average molecular weight is 143 g/mol. The second-order valence-corrected chi connectivity index (χ2v) is 3.13. The lowest BCUT2D eigenvalue weighted by atomic mass is 10.5. The Morgan fingerprint density at radius 2 is 2.33 bits per heavy atom. The van der Waals surface area contributed by atoms with Gasteiger partial charge in [0.05, 0.1) is 9.88 Å². The third-order valence-corrected chi connectivity index (χ3v) is 2.22. The second kappa shape index (κ2) is 2.35. The zero-order valence-corrected chi connectivity index (χ0v) is 6.33. The highest BCUT2D eigenvalue weighted by Crippen LogP contribution is 2.22. The molecule has 0 aliphatic rings. The van der Waals surface area contributed by atoms with E-state index in [1.54, 1.807) is 11.3 Å². The van der Waals surface area contributed by atoms with E-state index in [0.29, 0.717) is 0 Å². The van der Waals surface area contributed by atoms with E-state index < -0.39 is 0 Å². The molecule has 0 aliphatic heterocycles. The first-order valence-corrected chi connectivity index (χ1v) is 3.71. The maximum Gasteiger partial charge on any atom is 0.225 e. The van der Waals surface area contributed by atoms with Crippen LogP contribution in [0.15, 0.2) is 0 Å². The smallest absolute Gasteiger partial charge is 0.225 e. The molecule has 0 spiro atoms. The van der Waals surface area contributed by atoms with Gasteiger partial charge in [-0.05, 0) is 13.3 Å². The van der Waals surface area contributed by atoms with Crippen molar-refractivity contribution in [1.29, 1.82) is 0 Å². The molecule has 0 aliphatic carbocycles. The molecule has 3 heteroatoms. The standard InChI is InChI=1S/C6H9NOS/c1-3-5-7-6(8)4(2)9-5/h8H,3H2,1-2H3. The van der Waals surface area contributed by atoms with Crippen molar-refractivity contribution in [1.82, 2.24) is 4.98 Å². The van der Waals surface area contributed by atoms with Crippen LogP contribution >= 0.6 is 11.3 Å². The quantitative estimate of drug-likeness (QED) is 0.649. The van der Waals surface area contributed by atoms with Crippen LogP contribution in [0, 0.1) is 6.92 Å². The van der Waals surface area contributed by atoms with Gasteiger partial charge in [0.25, 0.3) is 0 Å². The van der Waals surface area contributed by atoms with E-state index in [1.807, 2.05) is 13.8 Å². The predicted octanol–water partition coefficient (Wildman–Crippen LogP) is 1.72. The summed E-state index contributed by atoms with van der Waals surface area (Å²) in [4.78, 5) is 4.81. The van der Waals surface area contributed by atoms with Gasteiger partial charge in [0, 0.05) is 0 Å². The third-order valence-electron chi connectivity index (χ3n) is 1.12. The number of thiazole rings is 1. The SMILES string of the molecule is CCc1nc(O)c(C)s1. The van der Waals surface area contributed by atoms with Gasteiger partial charge in [0.1, 0.15) is 0 Å². The molecule has 1 rings (SSSR count). The van der Waals surface area contributed by atoms with Crippen LogP contribution in [-0.2, 0) is 6.42 Å². The van der Waals surface area contributed by atoms with Gasteiger partial charge in [0.15, 0.2) is 0 Å². The largest absolute Gasteiger partial charge is 0.492 e. The highest BCUT2D eigenvalue weighted by molar-refractivity contribution is 7.11. The molecule has 0 saturated carbocycles. The summed E-state index contributed by atoms with van der Waals surface area (Å²) in [5.41, 5.74) is 0. The fraction of sp³-hybridized carbons (Fsp3) is 0.500. The highest BCUT2D eigenvalue weighted by atomic mass is 32.1. The van der Waals surface area contributed by atoms with Crippen molar-refractivity contribution in [2.45, 2.75) is 20.3 Å². The van der Waals surface area contributed by atoms with E-state index in [2.05, 4.69) is 4.98 Å². The van der Waals surface area contributed by atoms with Crippen LogP contribution in [0.1, 0.15) is 16.8 Å². The first-order chi connectivity index (χ1) is 4.24. The molecule has 1 heterocycles. The number of aromatic hydroxyl groups is 1. The number of hydrogen-bond donors (Lipinski definition) is 1. The van der Waals surface area contributed by atoms with Gasteiger partial charge in [-0.25, -0.2) is 4.98 Å². The Kier molecular flexibility index (Phi) is 1.71. The Labute approximate surface area is 58.2 Å². The zero-order valence-electron chi connectivity index (χ0n) is 5.51. The summed E-state index contributed by atoms with van der Waals surface area (Å²) in [6.07, 6.45) is 0.909. The van der Waals surface area contributed by atoms with Crippen molar-refractivity contribution in [2.75, 3.05) is 0 Å². The van der Waals surface area contributed by atoms with Gasteiger partial charge < -0.3 is 5.11 Å². The van der Waals surface area contributed by atoms with Crippen LogP contribution in [-0.4, -0.2) is 10.1 Å². The van der Waals surface area contributed by atoms with E-state index in [1.165, 1.54) is 0 Å². The Hall–Kier alpha value is -0.570.